The van der Waals surface area contributed by atoms with Crippen molar-refractivity contribution in [2.24, 2.45) is 5.92 Å². The van der Waals surface area contributed by atoms with Gasteiger partial charge in [-0.25, -0.2) is 4.98 Å². The van der Waals surface area contributed by atoms with E-state index >= 15 is 0 Å². The molecular weight excluding hydrogens is 228 g/mol. The van der Waals surface area contributed by atoms with E-state index in [2.05, 4.69) is 20.6 Å². The monoisotopic (exact) mass is 250 g/mol. The van der Waals surface area contributed by atoms with Gasteiger partial charge < -0.3 is 15.4 Å². The molecule has 5 nitrogen and oxygen atoms in total. The Bertz CT molecular complexity index is 379. The molecule has 0 atom stereocenters. The molecule has 0 aromatic carbocycles. The maximum Gasteiger partial charge on any atom is 0.224 e. The van der Waals surface area contributed by atoms with Crippen LogP contribution in [0.1, 0.15) is 25.0 Å². The molecule has 0 spiro atoms. The lowest BCUT2D eigenvalue weighted by Gasteiger charge is -2.08. The van der Waals surface area contributed by atoms with Gasteiger partial charge in [-0.1, -0.05) is 0 Å². The zero-order chi connectivity index (χ0) is 12.8. The third kappa shape index (κ3) is 4.49. The van der Waals surface area contributed by atoms with Crippen LogP contribution in [-0.4, -0.2) is 36.8 Å². The van der Waals surface area contributed by atoms with Crippen LogP contribution in [0.3, 0.4) is 0 Å². The second-order valence-corrected chi connectivity index (χ2v) is 4.77. The molecule has 0 amide bonds. The molecule has 1 aliphatic rings. The van der Waals surface area contributed by atoms with E-state index in [0.29, 0.717) is 5.95 Å². The van der Waals surface area contributed by atoms with Crippen molar-refractivity contribution in [3.05, 3.63) is 11.8 Å². The molecule has 0 radical (unpaired) electrons. The highest BCUT2D eigenvalue weighted by Crippen LogP contribution is 2.28. The minimum Gasteiger partial charge on any atom is -0.381 e. The maximum absolute atomic E-state index is 5.58. The number of aryl methyl sites for hydroxylation is 1. The summed E-state index contributed by atoms with van der Waals surface area (Å²) in [7, 11) is 1.82. The summed E-state index contributed by atoms with van der Waals surface area (Å²) in [6, 6.07) is 1.95. The number of anilines is 2. The Labute approximate surface area is 108 Å². The van der Waals surface area contributed by atoms with Crippen LogP contribution in [0.2, 0.25) is 0 Å². The molecule has 1 fully saturated rings. The van der Waals surface area contributed by atoms with Crippen molar-refractivity contribution < 1.29 is 4.74 Å². The Hall–Kier alpha value is -1.36. The van der Waals surface area contributed by atoms with Gasteiger partial charge in [0, 0.05) is 38.6 Å². The van der Waals surface area contributed by atoms with Crippen LogP contribution in [0.5, 0.6) is 0 Å². The fraction of sp³-hybridized carbons (Fsp3) is 0.692. The number of hydrogen-bond acceptors (Lipinski definition) is 5. The first-order valence-corrected chi connectivity index (χ1v) is 6.63. The van der Waals surface area contributed by atoms with Gasteiger partial charge in [0.2, 0.25) is 5.95 Å². The van der Waals surface area contributed by atoms with E-state index in [1.54, 1.807) is 0 Å². The molecule has 1 aromatic rings. The first-order valence-electron chi connectivity index (χ1n) is 6.63. The van der Waals surface area contributed by atoms with Crippen LogP contribution in [0.25, 0.3) is 0 Å². The molecule has 0 saturated heterocycles. The Morgan fingerprint density at radius 1 is 1.39 bits per heavy atom. The molecular formula is C13H22N4O. The number of rotatable bonds is 8. The fourth-order valence-electron chi connectivity index (χ4n) is 1.70. The number of nitrogens with zero attached hydrogens (tertiary/aromatic N) is 2. The van der Waals surface area contributed by atoms with E-state index in [9.17, 15) is 0 Å². The minimum atomic E-state index is 0.655. The smallest absolute Gasteiger partial charge is 0.224 e. The van der Waals surface area contributed by atoms with E-state index in [4.69, 9.17) is 4.74 Å². The normalized spacial score (nSPS) is 14.6. The quantitative estimate of drug-likeness (QED) is 0.692. The highest BCUT2D eigenvalue weighted by molar-refractivity contribution is 5.41. The van der Waals surface area contributed by atoms with Crippen LogP contribution in [0.4, 0.5) is 11.8 Å². The van der Waals surface area contributed by atoms with Gasteiger partial charge in [-0.3, -0.25) is 0 Å². The molecule has 100 valence electrons. The first-order chi connectivity index (χ1) is 8.78. The largest absolute Gasteiger partial charge is 0.381 e. The van der Waals surface area contributed by atoms with E-state index in [1.807, 2.05) is 20.0 Å². The van der Waals surface area contributed by atoms with Gasteiger partial charge in [0.05, 0.1) is 0 Å². The summed E-state index contributed by atoms with van der Waals surface area (Å²) in [6.45, 7) is 4.61. The summed E-state index contributed by atoms with van der Waals surface area (Å²) >= 11 is 0. The third-order valence-electron chi connectivity index (χ3n) is 2.90. The van der Waals surface area contributed by atoms with Gasteiger partial charge in [-0.15, -0.1) is 0 Å². The molecule has 2 N–H and O–H groups in total. The predicted octanol–water partition coefficient (Wildman–Crippen LogP) is 2.06. The highest BCUT2D eigenvalue weighted by Gasteiger charge is 2.20. The second-order valence-electron chi connectivity index (χ2n) is 4.77. The Morgan fingerprint density at radius 2 is 2.22 bits per heavy atom. The fourth-order valence-corrected chi connectivity index (χ4v) is 1.70. The average Bonchev–Trinajstić information content (AvgIpc) is 3.17. The molecule has 1 saturated carbocycles. The SMILES string of the molecule is CNc1nc(C)cc(NCCCOCC2CC2)n1. The molecule has 18 heavy (non-hydrogen) atoms. The topological polar surface area (TPSA) is 59.1 Å². The summed E-state index contributed by atoms with van der Waals surface area (Å²) in [5.74, 6) is 2.37. The molecule has 1 heterocycles. The minimum absolute atomic E-state index is 0.655. The predicted molar refractivity (Wildman–Crippen MR) is 73.0 cm³/mol. The molecule has 1 aliphatic carbocycles. The van der Waals surface area contributed by atoms with Gasteiger partial charge in [-0.05, 0) is 32.1 Å². The highest BCUT2D eigenvalue weighted by atomic mass is 16.5. The van der Waals surface area contributed by atoms with Crippen molar-refractivity contribution in [3.8, 4) is 0 Å². The lowest BCUT2D eigenvalue weighted by Crippen LogP contribution is -2.09. The molecule has 0 aliphatic heterocycles. The summed E-state index contributed by atoms with van der Waals surface area (Å²) in [5.41, 5.74) is 0.960. The summed E-state index contributed by atoms with van der Waals surface area (Å²) < 4.78 is 5.58. The van der Waals surface area contributed by atoms with Crippen molar-refractivity contribution in [3.63, 3.8) is 0 Å². The van der Waals surface area contributed by atoms with Crippen LogP contribution in [0, 0.1) is 12.8 Å². The van der Waals surface area contributed by atoms with Crippen molar-refractivity contribution in [2.45, 2.75) is 26.2 Å². The van der Waals surface area contributed by atoms with Crippen molar-refractivity contribution in [1.29, 1.82) is 0 Å². The Morgan fingerprint density at radius 3 is 2.94 bits per heavy atom. The van der Waals surface area contributed by atoms with Crippen molar-refractivity contribution in [1.82, 2.24) is 9.97 Å². The lowest BCUT2D eigenvalue weighted by atomic mass is 10.4. The molecule has 2 rings (SSSR count). The van der Waals surface area contributed by atoms with Crippen LogP contribution in [0.15, 0.2) is 6.07 Å². The molecule has 5 heteroatoms. The number of ether oxygens (including phenoxy) is 1. The first kappa shape index (κ1) is 13.1. The van der Waals surface area contributed by atoms with Crippen molar-refractivity contribution >= 4 is 11.8 Å². The van der Waals surface area contributed by atoms with Gasteiger partial charge in [-0.2, -0.15) is 4.98 Å². The summed E-state index contributed by atoms with van der Waals surface area (Å²) in [5, 5.41) is 6.24. The van der Waals surface area contributed by atoms with E-state index in [-0.39, 0.29) is 0 Å². The van der Waals surface area contributed by atoms with Crippen LogP contribution >= 0.6 is 0 Å². The molecule has 1 aromatic heterocycles. The van der Waals surface area contributed by atoms with Gasteiger partial charge >= 0.3 is 0 Å². The van der Waals surface area contributed by atoms with Gasteiger partial charge in [0.1, 0.15) is 5.82 Å². The van der Waals surface area contributed by atoms with Gasteiger partial charge in [0.15, 0.2) is 0 Å². The zero-order valence-corrected chi connectivity index (χ0v) is 11.2. The summed E-state index contributed by atoms with van der Waals surface area (Å²) in [6.07, 6.45) is 3.71. The standard InChI is InChI=1S/C13H22N4O/c1-10-8-12(17-13(14-2)16-10)15-6-3-7-18-9-11-4-5-11/h8,11H,3-7,9H2,1-2H3,(H2,14,15,16,17). The van der Waals surface area contributed by atoms with Crippen LogP contribution < -0.4 is 10.6 Å². The second kappa shape index (κ2) is 6.54. The number of hydrogen-bond donors (Lipinski definition) is 2. The van der Waals surface area contributed by atoms with E-state index in [0.717, 1.165) is 43.6 Å². The van der Waals surface area contributed by atoms with E-state index < -0.39 is 0 Å². The lowest BCUT2D eigenvalue weighted by molar-refractivity contribution is 0.124. The van der Waals surface area contributed by atoms with Crippen LogP contribution in [-0.2, 0) is 4.74 Å². The zero-order valence-electron chi connectivity index (χ0n) is 11.2. The maximum atomic E-state index is 5.58. The third-order valence-corrected chi connectivity index (χ3v) is 2.90. The Kier molecular flexibility index (Phi) is 4.75. The van der Waals surface area contributed by atoms with Crippen molar-refractivity contribution in [2.75, 3.05) is 37.4 Å². The average molecular weight is 250 g/mol. The summed E-state index contributed by atoms with van der Waals surface area (Å²) in [4.78, 5) is 8.58. The van der Waals surface area contributed by atoms with E-state index in [1.165, 1.54) is 12.8 Å². The van der Waals surface area contributed by atoms with Gasteiger partial charge in [0.25, 0.3) is 0 Å². The number of aromatic nitrogens is 2. The number of nitrogens with one attached hydrogen (secondary N) is 2. The Balaban J connectivity index is 1.63. The molecule has 0 bridgehead atoms. The molecule has 0 unspecified atom stereocenters.